The average Bonchev–Trinajstić information content (AvgIpc) is 2.11. The normalized spacial score (nSPS) is 17.4. The predicted octanol–water partition coefficient (Wildman–Crippen LogP) is 3.66. The number of hydrogen-bond donors (Lipinski definition) is 0. The number of hydrogen-bond acceptors (Lipinski definition) is 1. The molecule has 0 heterocycles. The predicted molar refractivity (Wildman–Crippen MR) is 64.1 cm³/mol. The summed E-state index contributed by atoms with van der Waals surface area (Å²) in [6, 6.07) is 0.898. The van der Waals surface area contributed by atoms with E-state index in [-0.39, 0.29) is 0 Å². The zero-order valence-corrected chi connectivity index (χ0v) is 10.2. The summed E-state index contributed by atoms with van der Waals surface area (Å²) in [5, 5.41) is 0. The van der Waals surface area contributed by atoms with Crippen LogP contribution in [0, 0.1) is 0 Å². The van der Waals surface area contributed by atoms with Crippen LogP contribution in [0.2, 0.25) is 0 Å². The molecule has 84 valence electrons. The molecular weight excluding hydrogens is 194 g/mol. The second-order valence-electron chi connectivity index (χ2n) is 4.37. The van der Waals surface area contributed by atoms with Crippen LogP contribution in [0.15, 0.2) is 0 Å². The van der Waals surface area contributed by atoms with E-state index in [2.05, 4.69) is 11.8 Å². The molecule has 1 aliphatic carbocycles. The van der Waals surface area contributed by atoms with E-state index in [4.69, 9.17) is 11.6 Å². The lowest BCUT2D eigenvalue weighted by Gasteiger charge is -2.37. The van der Waals surface area contributed by atoms with Gasteiger partial charge >= 0.3 is 0 Å². The highest BCUT2D eigenvalue weighted by molar-refractivity contribution is 6.17. The monoisotopic (exact) mass is 217 g/mol. The highest BCUT2D eigenvalue weighted by atomic mass is 35.5. The second kappa shape index (κ2) is 7.53. The first kappa shape index (κ1) is 12.3. The topological polar surface area (TPSA) is 3.24 Å². The van der Waals surface area contributed by atoms with Gasteiger partial charge in [0.15, 0.2) is 0 Å². The van der Waals surface area contributed by atoms with E-state index in [0.717, 1.165) is 18.3 Å². The fraction of sp³-hybridized carbons (Fsp3) is 1.00. The second-order valence-corrected chi connectivity index (χ2v) is 4.75. The van der Waals surface area contributed by atoms with Crippen molar-refractivity contribution in [3.8, 4) is 0 Å². The summed E-state index contributed by atoms with van der Waals surface area (Å²) in [6.07, 6.45) is 9.52. The minimum Gasteiger partial charge on any atom is -0.300 e. The van der Waals surface area contributed by atoms with Crippen LogP contribution < -0.4 is 0 Å². The SMILES string of the molecule is CCCCCN(CCCCl)C1CCC1. The molecule has 14 heavy (non-hydrogen) atoms. The first-order valence-electron chi connectivity index (χ1n) is 6.18. The molecule has 0 aliphatic heterocycles. The molecule has 2 heteroatoms. The third kappa shape index (κ3) is 4.18. The number of unbranched alkanes of at least 4 members (excludes halogenated alkanes) is 2. The highest BCUT2D eigenvalue weighted by Gasteiger charge is 2.23. The molecule has 1 nitrogen and oxygen atoms in total. The minimum atomic E-state index is 0.816. The number of alkyl halides is 1. The lowest BCUT2D eigenvalue weighted by atomic mass is 9.91. The fourth-order valence-corrected chi connectivity index (χ4v) is 2.18. The van der Waals surface area contributed by atoms with E-state index < -0.39 is 0 Å². The first-order chi connectivity index (χ1) is 6.88. The summed E-state index contributed by atoms with van der Waals surface area (Å²) in [5.74, 6) is 0.816. The van der Waals surface area contributed by atoms with Crippen molar-refractivity contribution in [3.05, 3.63) is 0 Å². The molecule has 0 aromatic rings. The van der Waals surface area contributed by atoms with Crippen LogP contribution in [0.25, 0.3) is 0 Å². The average molecular weight is 218 g/mol. The van der Waals surface area contributed by atoms with Crippen LogP contribution >= 0.6 is 11.6 Å². The summed E-state index contributed by atoms with van der Waals surface area (Å²) in [4.78, 5) is 2.67. The van der Waals surface area contributed by atoms with Crippen molar-refractivity contribution in [2.24, 2.45) is 0 Å². The lowest BCUT2D eigenvalue weighted by molar-refractivity contribution is 0.125. The van der Waals surface area contributed by atoms with E-state index >= 15 is 0 Å². The Labute approximate surface area is 93.8 Å². The first-order valence-corrected chi connectivity index (χ1v) is 6.72. The highest BCUT2D eigenvalue weighted by Crippen LogP contribution is 2.25. The van der Waals surface area contributed by atoms with Crippen molar-refractivity contribution in [2.45, 2.75) is 57.9 Å². The summed E-state index contributed by atoms with van der Waals surface area (Å²) in [7, 11) is 0. The van der Waals surface area contributed by atoms with Gasteiger partial charge in [-0.05, 0) is 38.8 Å². The quantitative estimate of drug-likeness (QED) is 0.443. The van der Waals surface area contributed by atoms with Gasteiger partial charge in [-0.1, -0.05) is 26.2 Å². The minimum absolute atomic E-state index is 0.816. The van der Waals surface area contributed by atoms with Gasteiger partial charge in [0.2, 0.25) is 0 Å². The molecule has 0 spiro atoms. The number of halogens is 1. The molecular formula is C12H24ClN. The van der Waals surface area contributed by atoms with Gasteiger partial charge in [-0.2, -0.15) is 0 Å². The van der Waals surface area contributed by atoms with Crippen LogP contribution in [0.1, 0.15) is 51.9 Å². The van der Waals surface area contributed by atoms with Gasteiger partial charge in [-0.25, -0.2) is 0 Å². The zero-order valence-electron chi connectivity index (χ0n) is 9.47. The van der Waals surface area contributed by atoms with E-state index in [1.165, 1.54) is 51.6 Å². The van der Waals surface area contributed by atoms with Gasteiger partial charge < -0.3 is 4.90 Å². The summed E-state index contributed by atoms with van der Waals surface area (Å²) >= 11 is 5.75. The van der Waals surface area contributed by atoms with E-state index in [1.54, 1.807) is 0 Å². The standard InChI is InChI=1S/C12H24ClN/c1-2-3-4-10-14(11-6-9-13)12-7-5-8-12/h12H,2-11H2,1H3. The van der Waals surface area contributed by atoms with E-state index in [0.29, 0.717) is 0 Å². The van der Waals surface area contributed by atoms with Gasteiger partial charge in [-0.3, -0.25) is 0 Å². The molecule has 1 fully saturated rings. The van der Waals surface area contributed by atoms with Crippen LogP contribution in [0.5, 0.6) is 0 Å². The smallest absolute Gasteiger partial charge is 0.0235 e. The third-order valence-corrected chi connectivity index (χ3v) is 3.49. The number of rotatable bonds is 8. The van der Waals surface area contributed by atoms with Crippen molar-refractivity contribution >= 4 is 11.6 Å². The van der Waals surface area contributed by atoms with Gasteiger partial charge in [0, 0.05) is 11.9 Å². The van der Waals surface area contributed by atoms with Crippen LogP contribution in [-0.4, -0.2) is 29.9 Å². The largest absolute Gasteiger partial charge is 0.300 e. The summed E-state index contributed by atoms with van der Waals surface area (Å²) in [5.41, 5.74) is 0. The van der Waals surface area contributed by atoms with Gasteiger partial charge in [0.1, 0.15) is 0 Å². The molecule has 0 radical (unpaired) electrons. The zero-order chi connectivity index (χ0) is 10.2. The summed E-state index contributed by atoms with van der Waals surface area (Å²) < 4.78 is 0. The van der Waals surface area contributed by atoms with Gasteiger partial charge in [-0.15, -0.1) is 11.6 Å². The molecule has 1 aliphatic rings. The molecule has 0 saturated heterocycles. The van der Waals surface area contributed by atoms with Crippen LogP contribution in [-0.2, 0) is 0 Å². The lowest BCUT2D eigenvalue weighted by Crippen LogP contribution is -2.41. The Kier molecular flexibility index (Phi) is 6.63. The van der Waals surface area contributed by atoms with Crippen molar-refractivity contribution < 1.29 is 0 Å². The molecule has 0 atom stereocenters. The molecule has 0 amide bonds. The van der Waals surface area contributed by atoms with Crippen LogP contribution in [0.3, 0.4) is 0 Å². The van der Waals surface area contributed by atoms with Crippen molar-refractivity contribution in [1.82, 2.24) is 4.90 Å². The maximum Gasteiger partial charge on any atom is 0.0235 e. The maximum absolute atomic E-state index is 5.75. The molecule has 0 unspecified atom stereocenters. The van der Waals surface area contributed by atoms with Crippen molar-refractivity contribution in [2.75, 3.05) is 19.0 Å². The van der Waals surface area contributed by atoms with Crippen molar-refractivity contribution in [3.63, 3.8) is 0 Å². The van der Waals surface area contributed by atoms with Gasteiger partial charge in [0.25, 0.3) is 0 Å². The third-order valence-electron chi connectivity index (χ3n) is 3.22. The molecule has 0 aromatic carbocycles. The Morgan fingerprint density at radius 3 is 2.36 bits per heavy atom. The Hall–Kier alpha value is 0.250. The Balaban J connectivity index is 2.14. The van der Waals surface area contributed by atoms with Gasteiger partial charge in [0.05, 0.1) is 0 Å². The molecule has 0 bridgehead atoms. The molecule has 1 saturated carbocycles. The van der Waals surface area contributed by atoms with E-state index in [1.807, 2.05) is 0 Å². The number of nitrogens with zero attached hydrogens (tertiary/aromatic N) is 1. The maximum atomic E-state index is 5.75. The Bertz CT molecular complexity index is 134. The Morgan fingerprint density at radius 2 is 1.86 bits per heavy atom. The molecule has 0 N–H and O–H groups in total. The van der Waals surface area contributed by atoms with E-state index in [9.17, 15) is 0 Å². The van der Waals surface area contributed by atoms with Crippen LogP contribution in [0.4, 0.5) is 0 Å². The summed E-state index contributed by atoms with van der Waals surface area (Å²) in [6.45, 7) is 4.79. The Morgan fingerprint density at radius 1 is 1.14 bits per heavy atom. The van der Waals surface area contributed by atoms with Crippen molar-refractivity contribution in [1.29, 1.82) is 0 Å². The fourth-order valence-electron chi connectivity index (χ4n) is 2.06. The molecule has 1 rings (SSSR count). The molecule has 0 aromatic heterocycles.